The third-order valence-corrected chi connectivity index (χ3v) is 7.72. The van der Waals surface area contributed by atoms with Crippen LogP contribution in [-0.4, -0.2) is 31.7 Å². The summed E-state index contributed by atoms with van der Waals surface area (Å²) in [6.07, 6.45) is 1.71. The molecule has 27 heavy (non-hydrogen) atoms. The maximum atomic E-state index is 12.8. The van der Waals surface area contributed by atoms with Crippen LogP contribution in [-0.2, 0) is 10.0 Å². The molecule has 142 valence electrons. The third kappa shape index (κ3) is 3.40. The van der Waals surface area contributed by atoms with Gasteiger partial charge < -0.3 is 9.73 Å². The molecular weight excluding hydrogens is 384 g/mol. The molecule has 0 radical (unpaired) electrons. The van der Waals surface area contributed by atoms with Crippen molar-refractivity contribution in [3.63, 3.8) is 0 Å². The van der Waals surface area contributed by atoms with E-state index >= 15 is 0 Å². The number of thiophene rings is 1. The molecule has 1 saturated heterocycles. The van der Waals surface area contributed by atoms with Gasteiger partial charge in [-0.1, -0.05) is 18.2 Å². The fourth-order valence-electron chi connectivity index (χ4n) is 3.28. The van der Waals surface area contributed by atoms with E-state index in [4.69, 9.17) is 4.42 Å². The van der Waals surface area contributed by atoms with Crippen molar-refractivity contribution in [2.24, 2.45) is 0 Å². The summed E-state index contributed by atoms with van der Waals surface area (Å²) >= 11 is 1.14. The first kappa shape index (κ1) is 18.2. The molecule has 4 rings (SSSR count). The third-order valence-electron chi connectivity index (χ3n) is 4.74. The minimum absolute atomic E-state index is 0.0868. The Hall–Kier alpha value is -2.16. The van der Waals surface area contributed by atoms with Crippen LogP contribution in [0.4, 0.5) is 0 Å². The highest BCUT2D eigenvalue weighted by Gasteiger charge is 2.32. The van der Waals surface area contributed by atoms with E-state index < -0.39 is 15.9 Å². The molecule has 1 amide bonds. The summed E-state index contributed by atoms with van der Waals surface area (Å²) in [5.74, 6) is 0.223. The Bertz CT molecular complexity index is 1050. The van der Waals surface area contributed by atoms with E-state index in [1.54, 1.807) is 5.38 Å². The van der Waals surface area contributed by atoms with Gasteiger partial charge >= 0.3 is 0 Å². The molecule has 1 aromatic carbocycles. The zero-order valence-corrected chi connectivity index (χ0v) is 16.5. The number of hydrogen-bond donors (Lipinski definition) is 1. The second kappa shape index (κ2) is 7.10. The van der Waals surface area contributed by atoms with Crippen LogP contribution in [0.3, 0.4) is 0 Å². The SMILES string of the molecule is CC(NC(=O)c1sccc1S(=O)(=O)N1CCCC1)c1cc2ccccc2o1. The molecule has 0 saturated carbocycles. The number of nitrogens with zero attached hydrogens (tertiary/aromatic N) is 1. The lowest BCUT2D eigenvalue weighted by molar-refractivity contribution is 0.0936. The topological polar surface area (TPSA) is 79.6 Å². The first-order valence-electron chi connectivity index (χ1n) is 8.84. The summed E-state index contributed by atoms with van der Waals surface area (Å²) in [6.45, 7) is 2.83. The number of hydrogen-bond acceptors (Lipinski definition) is 5. The average Bonchev–Trinajstić information content (AvgIpc) is 3.41. The molecule has 8 heteroatoms. The Morgan fingerprint density at radius 1 is 1.22 bits per heavy atom. The number of furan rings is 1. The standard InChI is InChI=1S/C19H20N2O4S2/c1-13(16-12-14-6-2-3-7-15(14)25-16)20-19(22)18-17(8-11-26-18)27(23,24)21-9-4-5-10-21/h2-3,6-8,11-13H,4-5,9-10H2,1H3,(H,20,22). The van der Waals surface area contributed by atoms with E-state index in [1.165, 1.54) is 10.4 Å². The van der Waals surface area contributed by atoms with E-state index in [1.807, 2.05) is 37.3 Å². The lowest BCUT2D eigenvalue weighted by Crippen LogP contribution is -2.31. The molecule has 1 unspecified atom stereocenters. The van der Waals surface area contributed by atoms with Crippen molar-refractivity contribution in [2.45, 2.75) is 30.7 Å². The van der Waals surface area contributed by atoms with Crippen LogP contribution in [0.25, 0.3) is 11.0 Å². The smallest absolute Gasteiger partial charge is 0.263 e. The fraction of sp³-hybridized carbons (Fsp3) is 0.316. The Labute approximate surface area is 161 Å². The van der Waals surface area contributed by atoms with Crippen molar-refractivity contribution in [1.29, 1.82) is 0 Å². The first-order valence-corrected chi connectivity index (χ1v) is 11.2. The van der Waals surface area contributed by atoms with Crippen molar-refractivity contribution in [3.8, 4) is 0 Å². The summed E-state index contributed by atoms with van der Waals surface area (Å²) < 4.78 is 32.9. The quantitative estimate of drug-likeness (QED) is 0.702. The summed E-state index contributed by atoms with van der Waals surface area (Å²) in [5, 5.41) is 5.46. The van der Waals surface area contributed by atoms with Crippen LogP contribution in [0.2, 0.25) is 0 Å². The number of carbonyl (C=O) groups excluding carboxylic acids is 1. The van der Waals surface area contributed by atoms with E-state index in [0.29, 0.717) is 18.8 Å². The predicted octanol–water partition coefficient (Wildman–Crippen LogP) is 3.77. The normalized spacial score (nSPS) is 16.6. The van der Waals surface area contributed by atoms with Crippen molar-refractivity contribution >= 4 is 38.2 Å². The highest BCUT2D eigenvalue weighted by atomic mass is 32.2. The highest BCUT2D eigenvalue weighted by Crippen LogP contribution is 2.29. The molecule has 1 aliphatic rings. The molecule has 1 N–H and O–H groups in total. The average molecular weight is 405 g/mol. The van der Waals surface area contributed by atoms with E-state index in [0.717, 1.165) is 35.1 Å². The van der Waals surface area contributed by atoms with Crippen molar-refractivity contribution < 1.29 is 17.6 Å². The van der Waals surface area contributed by atoms with Gasteiger partial charge in [0.05, 0.1) is 6.04 Å². The number of amides is 1. The lowest BCUT2D eigenvalue weighted by atomic mass is 10.2. The van der Waals surface area contributed by atoms with Gasteiger partial charge in [0.2, 0.25) is 10.0 Å². The molecule has 3 heterocycles. The molecule has 6 nitrogen and oxygen atoms in total. The second-order valence-electron chi connectivity index (χ2n) is 6.61. The summed E-state index contributed by atoms with van der Waals surface area (Å²) in [4.78, 5) is 13.1. The van der Waals surface area contributed by atoms with Crippen LogP contribution in [0.15, 0.2) is 51.1 Å². The zero-order chi connectivity index (χ0) is 19.0. The number of benzene rings is 1. The van der Waals surface area contributed by atoms with Gasteiger partial charge in [0, 0.05) is 18.5 Å². The second-order valence-corrected chi connectivity index (χ2v) is 9.43. The molecular formula is C19H20N2O4S2. The maximum absolute atomic E-state index is 12.8. The Balaban J connectivity index is 1.56. The maximum Gasteiger partial charge on any atom is 0.263 e. The van der Waals surface area contributed by atoms with Crippen molar-refractivity contribution in [1.82, 2.24) is 9.62 Å². The van der Waals surface area contributed by atoms with Gasteiger partial charge in [-0.3, -0.25) is 4.79 Å². The van der Waals surface area contributed by atoms with Gasteiger partial charge in [-0.2, -0.15) is 4.31 Å². The van der Waals surface area contributed by atoms with Crippen LogP contribution in [0, 0.1) is 0 Å². The fourth-order valence-corrected chi connectivity index (χ4v) is 6.10. The lowest BCUT2D eigenvalue weighted by Gasteiger charge is -2.16. The van der Waals surface area contributed by atoms with Gasteiger partial charge in [-0.05, 0) is 43.3 Å². The minimum Gasteiger partial charge on any atom is -0.459 e. The predicted molar refractivity (Wildman–Crippen MR) is 104 cm³/mol. The van der Waals surface area contributed by atoms with Gasteiger partial charge in [0.15, 0.2) is 0 Å². The van der Waals surface area contributed by atoms with Crippen LogP contribution in [0.5, 0.6) is 0 Å². The molecule has 2 aromatic heterocycles. The number of sulfonamides is 1. The van der Waals surface area contributed by atoms with E-state index in [2.05, 4.69) is 5.32 Å². The molecule has 1 atom stereocenters. The highest BCUT2D eigenvalue weighted by molar-refractivity contribution is 7.89. The molecule has 3 aromatic rings. The van der Waals surface area contributed by atoms with Crippen LogP contribution in [0.1, 0.15) is 41.2 Å². The molecule has 0 spiro atoms. The largest absolute Gasteiger partial charge is 0.459 e. The Kier molecular flexibility index (Phi) is 4.79. The van der Waals surface area contributed by atoms with Gasteiger partial charge in [-0.25, -0.2) is 8.42 Å². The molecule has 1 fully saturated rings. The first-order chi connectivity index (χ1) is 13.0. The van der Waals surface area contributed by atoms with Crippen molar-refractivity contribution in [3.05, 3.63) is 52.4 Å². The number of fused-ring (bicyclic) bond motifs is 1. The van der Waals surface area contributed by atoms with Crippen LogP contribution >= 0.6 is 11.3 Å². The van der Waals surface area contributed by atoms with E-state index in [9.17, 15) is 13.2 Å². The Morgan fingerprint density at radius 2 is 1.96 bits per heavy atom. The molecule has 0 aliphatic carbocycles. The van der Waals surface area contributed by atoms with Gasteiger partial charge in [-0.15, -0.1) is 11.3 Å². The number of nitrogens with one attached hydrogen (secondary N) is 1. The van der Waals surface area contributed by atoms with E-state index in [-0.39, 0.29) is 15.8 Å². The summed E-state index contributed by atoms with van der Waals surface area (Å²) in [5.41, 5.74) is 0.752. The molecule has 1 aliphatic heterocycles. The van der Waals surface area contributed by atoms with Gasteiger partial charge in [0.25, 0.3) is 5.91 Å². The minimum atomic E-state index is -3.63. The van der Waals surface area contributed by atoms with Crippen molar-refractivity contribution in [2.75, 3.05) is 13.1 Å². The monoisotopic (exact) mass is 404 g/mol. The molecule has 0 bridgehead atoms. The van der Waals surface area contributed by atoms with Gasteiger partial charge in [0.1, 0.15) is 21.1 Å². The van der Waals surface area contributed by atoms with Crippen LogP contribution < -0.4 is 5.32 Å². The number of para-hydroxylation sites is 1. The number of carbonyl (C=O) groups is 1. The summed E-state index contributed by atoms with van der Waals surface area (Å²) in [6, 6.07) is 10.6. The Morgan fingerprint density at radius 3 is 2.70 bits per heavy atom. The zero-order valence-electron chi connectivity index (χ0n) is 14.8. The number of rotatable bonds is 5. The summed E-state index contributed by atoms with van der Waals surface area (Å²) in [7, 11) is -3.63.